The van der Waals surface area contributed by atoms with Gasteiger partial charge in [0.15, 0.2) is 0 Å². The summed E-state index contributed by atoms with van der Waals surface area (Å²) in [5.74, 6) is 0.0722. The van der Waals surface area contributed by atoms with Crippen molar-refractivity contribution in [2.75, 3.05) is 17.3 Å². The molecule has 0 bridgehead atoms. The van der Waals surface area contributed by atoms with Crippen LogP contribution in [0.5, 0.6) is 0 Å². The molecule has 1 heterocycles. The van der Waals surface area contributed by atoms with E-state index in [2.05, 4.69) is 12.2 Å². The van der Waals surface area contributed by atoms with Gasteiger partial charge in [-0.1, -0.05) is 75.8 Å². The number of carbonyl (C=O) groups excluding carboxylic acids is 2. The summed E-state index contributed by atoms with van der Waals surface area (Å²) in [6.07, 6.45) is 7.83. The smallest absolute Gasteiger partial charge is 0.231 e. The second-order valence-corrected chi connectivity index (χ2v) is 9.71. The zero-order valence-electron chi connectivity index (χ0n) is 19.8. The molecule has 2 atom stereocenters. The van der Waals surface area contributed by atoms with Crippen LogP contribution in [0.2, 0.25) is 0 Å². The molecule has 2 aromatic carbocycles. The second-order valence-electron chi connectivity index (χ2n) is 9.71. The van der Waals surface area contributed by atoms with Gasteiger partial charge in [0.2, 0.25) is 11.8 Å². The largest absolute Gasteiger partial charge is 0.392 e. The first-order valence-corrected chi connectivity index (χ1v) is 12.5. The number of nitrogens with zero attached hydrogens (tertiary/aromatic N) is 1. The van der Waals surface area contributed by atoms with Gasteiger partial charge in [0, 0.05) is 18.3 Å². The molecule has 1 saturated carbocycles. The number of aliphatic hydroxyl groups is 1. The van der Waals surface area contributed by atoms with Crippen LogP contribution in [0.25, 0.3) is 11.1 Å². The summed E-state index contributed by atoms with van der Waals surface area (Å²) in [5.41, 5.74) is 4.51. The molecule has 0 radical (unpaired) electrons. The van der Waals surface area contributed by atoms with E-state index >= 15 is 0 Å². The highest BCUT2D eigenvalue weighted by Crippen LogP contribution is 2.39. The lowest BCUT2D eigenvalue weighted by Gasteiger charge is -2.23. The molecule has 2 aliphatic rings. The van der Waals surface area contributed by atoms with Gasteiger partial charge in [0.1, 0.15) is 0 Å². The van der Waals surface area contributed by atoms with Gasteiger partial charge in [-0.05, 0) is 42.0 Å². The Hall–Kier alpha value is -2.66. The monoisotopic (exact) mass is 448 g/mol. The Morgan fingerprint density at radius 2 is 1.91 bits per heavy atom. The number of rotatable bonds is 10. The van der Waals surface area contributed by atoms with E-state index in [1.165, 1.54) is 0 Å². The fourth-order valence-corrected chi connectivity index (χ4v) is 4.84. The van der Waals surface area contributed by atoms with Gasteiger partial charge >= 0.3 is 0 Å². The molecule has 5 nitrogen and oxygen atoms in total. The number of amides is 2. The van der Waals surface area contributed by atoms with E-state index in [1.54, 1.807) is 11.9 Å². The number of anilines is 2. The van der Waals surface area contributed by atoms with Gasteiger partial charge in [0.05, 0.1) is 24.1 Å². The fourth-order valence-electron chi connectivity index (χ4n) is 4.84. The predicted octanol–water partition coefficient (Wildman–Crippen LogP) is 5.56. The van der Waals surface area contributed by atoms with Crippen LogP contribution in [-0.2, 0) is 16.0 Å². The lowest BCUT2D eigenvalue weighted by molar-refractivity contribution is -0.124. The summed E-state index contributed by atoms with van der Waals surface area (Å²) in [7, 11) is 1.79. The maximum absolute atomic E-state index is 13.2. The number of nitrogens with one attached hydrogen (secondary N) is 1. The van der Waals surface area contributed by atoms with Gasteiger partial charge in [-0.3, -0.25) is 9.59 Å². The third-order valence-electron chi connectivity index (χ3n) is 7.09. The summed E-state index contributed by atoms with van der Waals surface area (Å²) >= 11 is 0. The summed E-state index contributed by atoms with van der Waals surface area (Å²) in [5, 5.41) is 13.9. The molecule has 1 fully saturated rings. The number of hydrogen-bond donors (Lipinski definition) is 2. The van der Waals surface area contributed by atoms with Crippen LogP contribution in [0.4, 0.5) is 11.4 Å². The lowest BCUT2D eigenvalue weighted by Crippen LogP contribution is -2.33. The standard InChI is InChI=1S/C28H36N2O3/c1-3-4-5-6-11-26(31)24(16-19-12-13-19)28(33)29-21-14-15-23-22-10-8-7-9-20(22)17-27(32)30(2)25(23)18-21/h7-10,14-15,18-19,24,26,31H,3-6,11-13,16-17H2,1-2H3,(H,29,33)/t24-,26+/m1/s1. The van der Waals surface area contributed by atoms with E-state index in [-0.39, 0.29) is 11.8 Å². The Balaban J connectivity index is 1.52. The first kappa shape index (κ1) is 23.5. The molecular weight excluding hydrogens is 412 g/mol. The average Bonchev–Trinajstić information content (AvgIpc) is 3.64. The van der Waals surface area contributed by atoms with Crippen molar-refractivity contribution in [3.8, 4) is 11.1 Å². The molecule has 0 aromatic heterocycles. The minimum atomic E-state index is -0.612. The molecular formula is C28H36N2O3. The molecule has 1 aliphatic carbocycles. The number of benzene rings is 2. The fraction of sp³-hybridized carbons (Fsp3) is 0.500. The number of hydrogen-bond acceptors (Lipinski definition) is 3. The van der Waals surface area contributed by atoms with Gasteiger partial charge in [-0.15, -0.1) is 0 Å². The van der Waals surface area contributed by atoms with Crippen molar-refractivity contribution in [2.45, 2.75) is 70.8 Å². The van der Waals surface area contributed by atoms with E-state index in [4.69, 9.17) is 0 Å². The number of likely N-dealkylation sites (N-methyl/N-ethyl adjacent to an activating group) is 1. The van der Waals surface area contributed by atoms with Crippen molar-refractivity contribution in [2.24, 2.45) is 11.8 Å². The van der Waals surface area contributed by atoms with E-state index < -0.39 is 12.0 Å². The maximum atomic E-state index is 13.2. The van der Waals surface area contributed by atoms with Crippen molar-refractivity contribution in [3.63, 3.8) is 0 Å². The Bertz CT molecular complexity index is 998. The van der Waals surface area contributed by atoms with Gasteiger partial charge in [-0.25, -0.2) is 0 Å². The average molecular weight is 449 g/mol. The highest BCUT2D eigenvalue weighted by atomic mass is 16.3. The zero-order valence-corrected chi connectivity index (χ0v) is 19.8. The van der Waals surface area contributed by atoms with Gasteiger partial charge in [-0.2, -0.15) is 0 Å². The number of unbranched alkanes of at least 4 members (excludes halogenated alkanes) is 3. The van der Waals surface area contributed by atoms with Crippen molar-refractivity contribution < 1.29 is 14.7 Å². The van der Waals surface area contributed by atoms with E-state index in [9.17, 15) is 14.7 Å². The molecule has 2 N–H and O–H groups in total. The first-order valence-electron chi connectivity index (χ1n) is 12.5. The number of aliphatic hydroxyl groups excluding tert-OH is 1. The molecule has 0 spiro atoms. The lowest BCUT2D eigenvalue weighted by atomic mass is 9.91. The predicted molar refractivity (Wildman–Crippen MR) is 133 cm³/mol. The minimum absolute atomic E-state index is 0.0267. The highest BCUT2D eigenvalue weighted by molar-refractivity contribution is 6.03. The second kappa shape index (κ2) is 10.5. The molecule has 0 saturated heterocycles. The zero-order chi connectivity index (χ0) is 23.4. The highest BCUT2D eigenvalue weighted by Gasteiger charge is 2.34. The molecule has 1 aliphatic heterocycles. The minimum Gasteiger partial charge on any atom is -0.392 e. The van der Waals surface area contributed by atoms with Gasteiger partial charge < -0.3 is 15.3 Å². The SMILES string of the molecule is CCCCCC[C@H](O)[C@@H](CC1CC1)C(=O)Nc1ccc2c(c1)N(C)C(=O)Cc1ccccc1-2. The molecule has 33 heavy (non-hydrogen) atoms. The van der Waals surface area contributed by atoms with E-state index in [0.717, 1.165) is 67.3 Å². The van der Waals surface area contributed by atoms with Crippen molar-refractivity contribution >= 4 is 23.2 Å². The molecule has 2 aromatic rings. The molecule has 5 heteroatoms. The van der Waals surface area contributed by atoms with Crippen molar-refractivity contribution in [1.29, 1.82) is 0 Å². The number of fused-ring (bicyclic) bond motifs is 3. The van der Waals surface area contributed by atoms with Crippen LogP contribution < -0.4 is 10.2 Å². The van der Waals surface area contributed by atoms with E-state index in [0.29, 0.717) is 24.4 Å². The molecule has 0 unspecified atom stereocenters. The van der Waals surface area contributed by atoms with Gasteiger partial charge in [0.25, 0.3) is 0 Å². The third-order valence-corrected chi connectivity index (χ3v) is 7.09. The summed E-state index contributed by atoms with van der Waals surface area (Å²) < 4.78 is 0. The Morgan fingerprint density at radius 1 is 1.12 bits per heavy atom. The normalized spacial score (nSPS) is 17.1. The molecule has 4 rings (SSSR count). The maximum Gasteiger partial charge on any atom is 0.231 e. The van der Waals surface area contributed by atoms with Crippen molar-refractivity contribution in [1.82, 2.24) is 0 Å². The summed E-state index contributed by atoms with van der Waals surface area (Å²) in [6, 6.07) is 13.7. The van der Waals surface area contributed by atoms with E-state index in [1.807, 2.05) is 42.5 Å². The van der Waals surface area contributed by atoms with Crippen LogP contribution in [0.15, 0.2) is 42.5 Å². The first-order chi connectivity index (χ1) is 16.0. The topological polar surface area (TPSA) is 69.6 Å². The van der Waals surface area contributed by atoms with Crippen LogP contribution in [0.3, 0.4) is 0 Å². The van der Waals surface area contributed by atoms with Crippen LogP contribution in [-0.4, -0.2) is 30.1 Å². The van der Waals surface area contributed by atoms with Crippen LogP contribution in [0.1, 0.15) is 63.9 Å². The molecule has 176 valence electrons. The Morgan fingerprint density at radius 3 is 2.67 bits per heavy atom. The molecule has 2 amide bonds. The third kappa shape index (κ3) is 5.64. The summed E-state index contributed by atoms with van der Waals surface area (Å²) in [4.78, 5) is 27.7. The number of carbonyl (C=O) groups is 2. The summed E-state index contributed by atoms with van der Waals surface area (Å²) in [6.45, 7) is 2.17. The van der Waals surface area contributed by atoms with Crippen LogP contribution >= 0.6 is 0 Å². The Kier molecular flexibility index (Phi) is 7.49. The van der Waals surface area contributed by atoms with Crippen molar-refractivity contribution in [3.05, 3.63) is 48.0 Å². The quantitative estimate of drug-likeness (QED) is 0.468. The van der Waals surface area contributed by atoms with Crippen LogP contribution in [0, 0.1) is 11.8 Å². The Labute approximate surface area is 197 Å².